The Labute approximate surface area is 125 Å². The number of rotatable bonds is 5. The van der Waals surface area contributed by atoms with Crippen LogP contribution in [0.2, 0.25) is 0 Å². The molecule has 0 aliphatic heterocycles. The van der Waals surface area contributed by atoms with Crippen LogP contribution in [0.15, 0.2) is 18.2 Å². The van der Waals surface area contributed by atoms with Crippen LogP contribution < -0.4 is 10.5 Å². The van der Waals surface area contributed by atoms with Gasteiger partial charge in [-0.3, -0.25) is 4.72 Å². The largest absolute Gasteiger partial charge is 0.416 e. The summed E-state index contributed by atoms with van der Waals surface area (Å²) in [6, 6.07) is 2.57. The molecule has 9 heteroatoms. The molecule has 1 aromatic rings. The van der Waals surface area contributed by atoms with Crippen molar-refractivity contribution >= 4 is 32.9 Å². The van der Waals surface area contributed by atoms with Crippen LogP contribution in [0.3, 0.4) is 0 Å². The van der Waals surface area contributed by atoms with Gasteiger partial charge in [-0.1, -0.05) is 12.2 Å². The fourth-order valence-corrected chi connectivity index (χ4v) is 3.54. The first kappa shape index (κ1) is 16.0. The summed E-state index contributed by atoms with van der Waals surface area (Å²) in [4.78, 5) is -0.301. The minimum atomic E-state index is -4.55. The number of benzene rings is 1. The molecule has 0 atom stereocenters. The predicted molar refractivity (Wildman–Crippen MR) is 77.5 cm³/mol. The van der Waals surface area contributed by atoms with E-state index >= 15 is 0 Å². The van der Waals surface area contributed by atoms with Crippen LogP contribution in [-0.2, 0) is 16.2 Å². The Kier molecular flexibility index (Phi) is 4.16. The van der Waals surface area contributed by atoms with E-state index in [0.717, 1.165) is 31.0 Å². The lowest BCUT2D eigenvalue weighted by atomic mass is 10.1. The number of anilines is 1. The molecule has 0 radical (unpaired) electrons. The molecule has 2 rings (SSSR count). The molecule has 1 fully saturated rings. The molecule has 1 aromatic carbocycles. The molecule has 0 saturated heterocycles. The average molecular weight is 338 g/mol. The highest BCUT2D eigenvalue weighted by atomic mass is 32.2. The third-order valence-electron chi connectivity index (χ3n) is 3.03. The molecular formula is C12H13F3N2O2S2. The minimum Gasteiger partial charge on any atom is -0.389 e. The number of nitrogens with one attached hydrogen (secondary N) is 1. The summed E-state index contributed by atoms with van der Waals surface area (Å²) in [7, 11) is -3.62. The maximum Gasteiger partial charge on any atom is 0.416 e. The van der Waals surface area contributed by atoms with Gasteiger partial charge in [0.2, 0.25) is 10.0 Å². The van der Waals surface area contributed by atoms with Gasteiger partial charge in [0.05, 0.1) is 17.0 Å². The van der Waals surface area contributed by atoms with Crippen molar-refractivity contribution in [3.63, 3.8) is 0 Å². The second-order valence-electron chi connectivity index (χ2n) is 4.95. The van der Waals surface area contributed by atoms with Crippen LogP contribution in [-0.4, -0.2) is 19.2 Å². The van der Waals surface area contributed by atoms with Crippen molar-refractivity contribution in [2.75, 3.05) is 10.5 Å². The highest BCUT2D eigenvalue weighted by Crippen LogP contribution is 2.33. The number of sulfonamides is 1. The molecule has 1 aliphatic carbocycles. The number of nitrogens with two attached hydrogens (primary N) is 1. The first-order valence-electron chi connectivity index (χ1n) is 6.10. The zero-order valence-corrected chi connectivity index (χ0v) is 12.4. The standard InChI is InChI=1S/C12H13F3N2O2S2/c13-12(14,15)8-3-4-10(9(5-8)11(16)20)17-21(18,19)6-7-1-2-7/h3-5,7,17H,1-2,6H2,(H2,16,20). The number of hydrogen-bond donors (Lipinski definition) is 2. The second kappa shape index (κ2) is 5.45. The smallest absolute Gasteiger partial charge is 0.389 e. The molecule has 1 aliphatic rings. The van der Waals surface area contributed by atoms with Gasteiger partial charge >= 0.3 is 6.18 Å². The van der Waals surface area contributed by atoms with Crippen LogP contribution >= 0.6 is 12.2 Å². The Morgan fingerprint density at radius 2 is 2.00 bits per heavy atom. The lowest BCUT2D eigenvalue weighted by Crippen LogP contribution is -2.21. The summed E-state index contributed by atoms with van der Waals surface area (Å²) < 4.78 is 64.0. The molecule has 116 valence electrons. The monoisotopic (exact) mass is 338 g/mol. The van der Waals surface area contributed by atoms with E-state index in [-0.39, 0.29) is 27.9 Å². The molecule has 3 N–H and O–H groups in total. The van der Waals surface area contributed by atoms with Gasteiger partial charge < -0.3 is 5.73 Å². The van der Waals surface area contributed by atoms with Crippen molar-refractivity contribution in [1.29, 1.82) is 0 Å². The second-order valence-corrected chi connectivity index (χ2v) is 7.16. The molecule has 0 unspecified atom stereocenters. The maximum atomic E-state index is 12.7. The summed E-state index contributed by atoms with van der Waals surface area (Å²) in [6.07, 6.45) is -2.86. The summed E-state index contributed by atoms with van der Waals surface area (Å²) in [6.45, 7) is 0. The van der Waals surface area contributed by atoms with Crippen molar-refractivity contribution in [2.24, 2.45) is 11.7 Å². The van der Waals surface area contributed by atoms with Gasteiger partial charge in [0.1, 0.15) is 4.99 Å². The van der Waals surface area contributed by atoms with Gasteiger partial charge in [0.15, 0.2) is 0 Å². The number of hydrogen-bond acceptors (Lipinski definition) is 3. The van der Waals surface area contributed by atoms with Crippen LogP contribution in [0.25, 0.3) is 0 Å². The van der Waals surface area contributed by atoms with Crippen LogP contribution in [0.4, 0.5) is 18.9 Å². The maximum absolute atomic E-state index is 12.7. The molecule has 0 heterocycles. The van der Waals surface area contributed by atoms with E-state index in [1.807, 2.05) is 0 Å². The van der Waals surface area contributed by atoms with Gasteiger partial charge in [0, 0.05) is 5.56 Å². The molecule has 4 nitrogen and oxygen atoms in total. The summed E-state index contributed by atoms with van der Waals surface area (Å²) in [5, 5.41) is 0. The highest BCUT2D eigenvalue weighted by molar-refractivity contribution is 7.92. The number of alkyl halides is 3. The topological polar surface area (TPSA) is 72.2 Å². The average Bonchev–Trinajstić information content (AvgIpc) is 3.10. The number of halogens is 3. The minimum absolute atomic E-state index is 0.0313. The Morgan fingerprint density at radius 3 is 2.48 bits per heavy atom. The normalized spacial score (nSPS) is 15.8. The molecule has 0 aromatic heterocycles. The quantitative estimate of drug-likeness (QED) is 0.809. The van der Waals surface area contributed by atoms with Gasteiger partial charge in [-0.05, 0) is 37.0 Å². The molecule has 0 spiro atoms. The Balaban J connectivity index is 2.32. The Morgan fingerprint density at radius 1 is 1.38 bits per heavy atom. The van der Waals surface area contributed by atoms with E-state index in [9.17, 15) is 21.6 Å². The van der Waals surface area contributed by atoms with E-state index in [2.05, 4.69) is 4.72 Å². The highest BCUT2D eigenvalue weighted by Gasteiger charge is 2.32. The van der Waals surface area contributed by atoms with Crippen LogP contribution in [0.1, 0.15) is 24.0 Å². The summed E-state index contributed by atoms with van der Waals surface area (Å²) >= 11 is 4.70. The predicted octanol–water partition coefficient (Wildman–Crippen LogP) is 2.49. The fourth-order valence-electron chi connectivity index (χ4n) is 1.82. The Bertz CT molecular complexity index is 668. The van der Waals surface area contributed by atoms with E-state index in [4.69, 9.17) is 18.0 Å². The summed E-state index contributed by atoms with van der Waals surface area (Å²) in [5.41, 5.74) is 4.28. The van der Waals surface area contributed by atoms with Crippen molar-refractivity contribution in [3.05, 3.63) is 29.3 Å². The third-order valence-corrected chi connectivity index (χ3v) is 4.69. The van der Waals surface area contributed by atoms with E-state index in [1.54, 1.807) is 0 Å². The third kappa shape index (κ3) is 4.31. The molecule has 0 bridgehead atoms. The van der Waals surface area contributed by atoms with Gasteiger partial charge in [-0.2, -0.15) is 13.2 Å². The zero-order valence-electron chi connectivity index (χ0n) is 10.8. The lowest BCUT2D eigenvalue weighted by molar-refractivity contribution is -0.137. The molecule has 0 amide bonds. The number of thiocarbonyl (C=S) groups is 1. The first-order valence-corrected chi connectivity index (χ1v) is 8.16. The first-order chi connectivity index (χ1) is 9.58. The molecule has 1 saturated carbocycles. The van der Waals surface area contributed by atoms with Crippen molar-refractivity contribution in [3.8, 4) is 0 Å². The van der Waals surface area contributed by atoms with Crippen molar-refractivity contribution < 1.29 is 21.6 Å². The van der Waals surface area contributed by atoms with E-state index < -0.39 is 21.8 Å². The fraction of sp³-hybridized carbons (Fsp3) is 0.417. The molecule has 21 heavy (non-hydrogen) atoms. The van der Waals surface area contributed by atoms with Crippen molar-refractivity contribution in [1.82, 2.24) is 0 Å². The van der Waals surface area contributed by atoms with Gasteiger partial charge in [-0.25, -0.2) is 8.42 Å². The van der Waals surface area contributed by atoms with E-state index in [0.29, 0.717) is 0 Å². The lowest BCUT2D eigenvalue weighted by Gasteiger charge is -2.14. The van der Waals surface area contributed by atoms with Crippen molar-refractivity contribution in [2.45, 2.75) is 19.0 Å². The Hall–Kier alpha value is -1.35. The van der Waals surface area contributed by atoms with Crippen LogP contribution in [0, 0.1) is 5.92 Å². The van der Waals surface area contributed by atoms with E-state index in [1.165, 1.54) is 0 Å². The van der Waals surface area contributed by atoms with Gasteiger partial charge in [-0.15, -0.1) is 0 Å². The van der Waals surface area contributed by atoms with Crippen LogP contribution in [0.5, 0.6) is 0 Å². The molecular weight excluding hydrogens is 325 g/mol. The summed E-state index contributed by atoms with van der Waals surface area (Å²) in [5.74, 6) is 0.0652. The zero-order chi connectivity index (χ0) is 15.8. The van der Waals surface area contributed by atoms with Gasteiger partial charge in [0.25, 0.3) is 0 Å². The SMILES string of the molecule is NC(=S)c1cc(C(F)(F)F)ccc1NS(=O)(=O)CC1CC1.